The van der Waals surface area contributed by atoms with Gasteiger partial charge in [-0.25, -0.2) is 0 Å². The molecule has 3 heteroatoms. The van der Waals surface area contributed by atoms with Crippen LogP contribution in [0.2, 0.25) is 0 Å². The summed E-state index contributed by atoms with van der Waals surface area (Å²) in [6.45, 7) is 1.45. The Morgan fingerprint density at radius 2 is 0.905 bits per heavy atom. The Hall–Kier alpha value is -0.120. The summed E-state index contributed by atoms with van der Waals surface area (Å²) in [5.41, 5.74) is 5.48. The summed E-state index contributed by atoms with van der Waals surface area (Å²) in [4.78, 5) is 0. The van der Waals surface area contributed by atoms with Crippen LogP contribution in [0, 0.1) is 5.92 Å². The van der Waals surface area contributed by atoms with Crippen molar-refractivity contribution in [1.29, 1.82) is 0 Å². The van der Waals surface area contributed by atoms with E-state index in [0.717, 1.165) is 32.2 Å². The van der Waals surface area contributed by atoms with Crippen molar-refractivity contribution in [1.82, 2.24) is 0 Å². The summed E-state index contributed by atoms with van der Waals surface area (Å²) >= 11 is 0. The largest absolute Gasteiger partial charge is 0.396 e. The van der Waals surface area contributed by atoms with Crippen molar-refractivity contribution in [2.45, 2.75) is 89.9 Å². The van der Waals surface area contributed by atoms with Gasteiger partial charge in [0.1, 0.15) is 0 Å². The number of unbranched alkanes of at least 4 members (excludes halogenated alkanes) is 8. The zero-order chi connectivity index (χ0) is 15.6. The van der Waals surface area contributed by atoms with E-state index in [9.17, 15) is 0 Å². The second-order valence-corrected chi connectivity index (χ2v) is 6.36. The van der Waals surface area contributed by atoms with Gasteiger partial charge in [-0.3, -0.25) is 0 Å². The molecule has 0 aliphatic rings. The fourth-order valence-corrected chi connectivity index (χ4v) is 3.01. The Bertz CT molecular complexity index is 180. The maximum Gasteiger partial charge on any atom is 0.0431 e. The Labute approximate surface area is 132 Å². The number of aliphatic hydroxyl groups is 2. The smallest absolute Gasteiger partial charge is 0.0431 e. The van der Waals surface area contributed by atoms with Crippen LogP contribution in [-0.2, 0) is 0 Å². The van der Waals surface area contributed by atoms with Gasteiger partial charge in [-0.05, 0) is 44.6 Å². The van der Waals surface area contributed by atoms with Crippen LogP contribution in [0.4, 0.5) is 0 Å². The molecule has 0 atom stereocenters. The van der Waals surface area contributed by atoms with Crippen molar-refractivity contribution < 1.29 is 10.2 Å². The Balaban J connectivity index is 3.35. The van der Waals surface area contributed by atoms with Crippen LogP contribution < -0.4 is 5.73 Å². The molecule has 4 N–H and O–H groups in total. The normalized spacial score (nSPS) is 11.4. The molecule has 0 radical (unpaired) electrons. The van der Waals surface area contributed by atoms with Gasteiger partial charge in [0.2, 0.25) is 0 Å². The molecule has 0 aliphatic heterocycles. The Kier molecular flexibility index (Phi) is 17.8. The predicted octanol–water partition coefficient (Wildman–Crippen LogP) is 4.01. The lowest BCUT2D eigenvalue weighted by molar-refractivity contribution is 0.243. The molecule has 0 aliphatic carbocycles. The first-order chi connectivity index (χ1) is 10.3. The summed E-state index contributed by atoms with van der Waals surface area (Å²) in [6.07, 6.45) is 17.3. The van der Waals surface area contributed by atoms with E-state index in [1.807, 2.05) is 0 Å². The standard InChI is InChI=1S/C18H39NO2/c19-15-9-7-5-3-1-2-4-6-8-12-18(13-10-16-20)14-11-17-21/h18,20-21H,1-17,19H2. The molecule has 0 bridgehead atoms. The summed E-state index contributed by atoms with van der Waals surface area (Å²) in [7, 11) is 0. The van der Waals surface area contributed by atoms with Crippen LogP contribution in [0.25, 0.3) is 0 Å². The first-order valence-electron chi connectivity index (χ1n) is 9.27. The summed E-state index contributed by atoms with van der Waals surface area (Å²) < 4.78 is 0. The van der Waals surface area contributed by atoms with Gasteiger partial charge < -0.3 is 15.9 Å². The highest BCUT2D eigenvalue weighted by molar-refractivity contribution is 4.60. The molecule has 0 heterocycles. The lowest BCUT2D eigenvalue weighted by atomic mass is 9.91. The van der Waals surface area contributed by atoms with Crippen molar-refractivity contribution in [2.75, 3.05) is 19.8 Å². The van der Waals surface area contributed by atoms with Gasteiger partial charge in [-0.15, -0.1) is 0 Å². The number of hydrogen-bond acceptors (Lipinski definition) is 3. The lowest BCUT2D eigenvalue weighted by Gasteiger charge is -2.15. The summed E-state index contributed by atoms with van der Waals surface area (Å²) in [5, 5.41) is 17.9. The first-order valence-corrected chi connectivity index (χ1v) is 9.27. The van der Waals surface area contributed by atoms with Crippen molar-refractivity contribution in [3.05, 3.63) is 0 Å². The maximum absolute atomic E-state index is 8.93. The van der Waals surface area contributed by atoms with Crippen LogP contribution in [0.1, 0.15) is 89.9 Å². The number of rotatable bonds is 17. The molecular weight excluding hydrogens is 262 g/mol. The van der Waals surface area contributed by atoms with Gasteiger partial charge in [0.25, 0.3) is 0 Å². The van der Waals surface area contributed by atoms with E-state index in [2.05, 4.69) is 0 Å². The predicted molar refractivity (Wildman–Crippen MR) is 91.4 cm³/mol. The fraction of sp³-hybridized carbons (Fsp3) is 1.00. The van der Waals surface area contributed by atoms with Gasteiger partial charge in [-0.2, -0.15) is 0 Å². The van der Waals surface area contributed by atoms with Gasteiger partial charge in [-0.1, -0.05) is 57.8 Å². The van der Waals surface area contributed by atoms with Crippen LogP contribution in [0.3, 0.4) is 0 Å². The number of aliphatic hydroxyl groups excluding tert-OH is 2. The van der Waals surface area contributed by atoms with Gasteiger partial charge >= 0.3 is 0 Å². The molecule has 0 aromatic rings. The van der Waals surface area contributed by atoms with Gasteiger partial charge in [0.05, 0.1) is 0 Å². The summed E-state index contributed by atoms with van der Waals surface area (Å²) in [5.74, 6) is 0.709. The van der Waals surface area contributed by atoms with Gasteiger partial charge in [0, 0.05) is 13.2 Å². The maximum atomic E-state index is 8.93. The molecule has 0 aromatic heterocycles. The van der Waals surface area contributed by atoms with Crippen LogP contribution in [-0.4, -0.2) is 30.0 Å². The average Bonchev–Trinajstić information content (AvgIpc) is 2.51. The van der Waals surface area contributed by atoms with E-state index >= 15 is 0 Å². The highest BCUT2D eigenvalue weighted by Gasteiger charge is 2.07. The van der Waals surface area contributed by atoms with Crippen molar-refractivity contribution in [2.24, 2.45) is 11.7 Å². The molecule has 0 rings (SSSR count). The molecule has 0 unspecified atom stereocenters. The monoisotopic (exact) mass is 301 g/mol. The highest BCUT2D eigenvalue weighted by Crippen LogP contribution is 2.21. The fourth-order valence-electron chi connectivity index (χ4n) is 3.01. The Morgan fingerprint density at radius 1 is 0.524 bits per heavy atom. The third-order valence-electron chi connectivity index (χ3n) is 4.36. The topological polar surface area (TPSA) is 66.5 Å². The summed E-state index contributed by atoms with van der Waals surface area (Å²) in [6, 6.07) is 0. The highest BCUT2D eigenvalue weighted by atomic mass is 16.3. The molecule has 0 amide bonds. The minimum atomic E-state index is 0.305. The SMILES string of the molecule is NCCCCCCCCCCCC(CCCO)CCCO. The molecular formula is C18H39NO2. The van der Waals surface area contributed by atoms with E-state index in [0.29, 0.717) is 19.1 Å². The molecule has 21 heavy (non-hydrogen) atoms. The minimum absolute atomic E-state index is 0.305. The van der Waals surface area contributed by atoms with Crippen molar-refractivity contribution in [3.63, 3.8) is 0 Å². The molecule has 3 nitrogen and oxygen atoms in total. The van der Waals surface area contributed by atoms with Crippen molar-refractivity contribution >= 4 is 0 Å². The van der Waals surface area contributed by atoms with Crippen LogP contribution in [0.5, 0.6) is 0 Å². The van der Waals surface area contributed by atoms with E-state index in [1.54, 1.807) is 0 Å². The molecule has 0 saturated carbocycles. The molecule has 128 valence electrons. The quantitative estimate of drug-likeness (QED) is 0.356. The van der Waals surface area contributed by atoms with E-state index in [-0.39, 0.29) is 0 Å². The molecule has 0 saturated heterocycles. The zero-order valence-electron chi connectivity index (χ0n) is 14.1. The average molecular weight is 302 g/mol. The second kappa shape index (κ2) is 17.9. The molecule has 0 aromatic carbocycles. The zero-order valence-corrected chi connectivity index (χ0v) is 14.1. The van der Waals surface area contributed by atoms with E-state index in [1.165, 1.54) is 64.2 Å². The number of hydrogen-bond donors (Lipinski definition) is 3. The number of nitrogens with two attached hydrogens (primary N) is 1. The lowest BCUT2D eigenvalue weighted by Crippen LogP contribution is -2.03. The van der Waals surface area contributed by atoms with E-state index in [4.69, 9.17) is 15.9 Å². The third kappa shape index (κ3) is 16.1. The first kappa shape index (κ1) is 20.9. The van der Waals surface area contributed by atoms with Gasteiger partial charge in [0.15, 0.2) is 0 Å². The van der Waals surface area contributed by atoms with Crippen LogP contribution in [0.15, 0.2) is 0 Å². The third-order valence-corrected chi connectivity index (χ3v) is 4.36. The van der Waals surface area contributed by atoms with Crippen LogP contribution >= 0.6 is 0 Å². The molecule has 0 fully saturated rings. The Morgan fingerprint density at radius 3 is 1.33 bits per heavy atom. The second-order valence-electron chi connectivity index (χ2n) is 6.36. The molecule has 0 spiro atoms. The minimum Gasteiger partial charge on any atom is -0.396 e. The van der Waals surface area contributed by atoms with E-state index < -0.39 is 0 Å². The van der Waals surface area contributed by atoms with Crippen molar-refractivity contribution in [3.8, 4) is 0 Å².